The summed E-state index contributed by atoms with van der Waals surface area (Å²) >= 11 is 0. The number of carbonyl (C=O) groups excluding carboxylic acids is 1. The number of fused-ring (bicyclic) bond motifs is 1. The molecule has 1 aromatic heterocycles. The van der Waals surface area contributed by atoms with Gasteiger partial charge in [0.2, 0.25) is 5.91 Å². The Kier molecular flexibility index (Phi) is 6.07. The minimum atomic E-state index is -0.0662. The van der Waals surface area contributed by atoms with Gasteiger partial charge in [0.15, 0.2) is 0 Å². The largest absolute Gasteiger partial charge is 0.343 e. The number of aromatic nitrogens is 2. The molecule has 0 bridgehead atoms. The van der Waals surface area contributed by atoms with E-state index in [9.17, 15) is 9.59 Å². The molecule has 1 aromatic carbocycles. The van der Waals surface area contributed by atoms with Crippen molar-refractivity contribution >= 4 is 29.3 Å². The second-order valence-corrected chi connectivity index (χ2v) is 6.22. The summed E-state index contributed by atoms with van der Waals surface area (Å²) in [5.74, 6) is 0.108. The zero-order valence-corrected chi connectivity index (χ0v) is 15.0. The second-order valence-electron chi connectivity index (χ2n) is 6.22. The molecule has 0 aliphatic carbocycles. The second kappa shape index (κ2) is 7.85. The molecule has 2 heterocycles. The van der Waals surface area contributed by atoms with Crippen LogP contribution in [0, 0.1) is 0 Å². The molecule has 1 aliphatic rings. The first-order valence-electron chi connectivity index (χ1n) is 8.20. The zero-order valence-electron chi connectivity index (χ0n) is 14.2. The van der Waals surface area contributed by atoms with Crippen molar-refractivity contribution in [3.05, 3.63) is 34.7 Å². The molecule has 1 N–H and O–H groups in total. The van der Waals surface area contributed by atoms with Gasteiger partial charge in [-0.1, -0.05) is 12.1 Å². The molecule has 0 atom stereocenters. The van der Waals surface area contributed by atoms with Crippen molar-refractivity contribution in [3.63, 3.8) is 0 Å². The van der Waals surface area contributed by atoms with Crippen LogP contribution in [0.5, 0.6) is 0 Å². The average Bonchev–Trinajstić information content (AvgIpc) is 2.84. The number of hydrogen-bond acceptors (Lipinski definition) is 3. The van der Waals surface area contributed by atoms with E-state index < -0.39 is 0 Å². The minimum Gasteiger partial charge on any atom is -0.343 e. The fraction of sp³-hybridized carbons (Fsp3) is 0.529. The molecule has 0 radical (unpaired) electrons. The predicted octanol–water partition coefficient (Wildman–Crippen LogP) is 1.36. The summed E-state index contributed by atoms with van der Waals surface area (Å²) in [7, 11) is 3.65. The van der Waals surface area contributed by atoms with Crippen molar-refractivity contribution in [2.75, 3.05) is 20.1 Å². The number of benzene rings is 1. The summed E-state index contributed by atoms with van der Waals surface area (Å²) < 4.78 is 3.33. The van der Waals surface area contributed by atoms with Gasteiger partial charge in [-0.2, -0.15) is 0 Å². The van der Waals surface area contributed by atoms with Crippen molar-refractivity contribution in [2.24, 2.45) is 7.05 Å². The molecule has 1 aliphatic heterocycles. The molecule has 24 heavy (non-hydrogen) atoms. The Labute approximate surface area is 147 Å². The van der Waals surface area contributed by atoms with E-state index in [4.69, 9.17) is 0 Å². The molecular weight excluding hydrogens is 328 g/mol. The maximum absolute atomic E-state index is 12.5. The number of amides is 1. The number of halogens is 1. The fourth-order valence-corrected chi connectivity index (χ4v) is 3.36. The van der Waals surface area contributed by atoms with Gasteiger partial charge in [0.05, 0.1) is 11.0 Å². The molecule has 2 aromatic rings. The molecule has 0 saturated carbocycles. The predicted molar refractivity (Wildman–Crippen MR) is 97.7 cm³/mol. The topological polar surface area (TPSA) is 59.3 Å². The van der Waals surface area contributed by atoms with E-state index in [1.54, 1.807) is 16.2 Å². The Morgan fingerprint density at radius 2 is 1.88 bits per heavy atom. The maximum atomic E-state index is 12.5. The zero-order chi connectivity index (χ0) is 16.4. The average molecular weight is 353 g/mol. The number of hydrogen-bond donors (Lipinski definition) is 1. The number of para-hydroxylation sites is 2. The lowest BCUT2D eigenvalue weighted by Crippen LogP contribution is -2.44. The van der Waals surface area contributed by atoms with Crippen LogP contribution in [-0.2, 0) is 18.4 Å². The van der Waals surface area contributed by atoms with E-state index >= 15 is 0 Å². The van der Waals surface area contributed by atoms with Gasteiger partial charge in [0, 0.05) is 33.1 Å². The molecule has 7 heteroatoms. The molecule has 1 saturated heterocycles. The number of aryl methyl sites for hydroxylation is 2. The van der Waals surface area contributed by atoms with Crippen LogP contribution in [0.4, 0.5) is 0 Å². The summed E-state index contributed by atoms with van der Waals surface area (Å²) in [4.78, 5) is 26.7. The standard InChI is InChI=1S/C17H24N4O2.ClH/c1-19(13-7-10-18-11-8-13)16(22)9-12-21-15-6-4-3-5-14(15)20(2)17(21)23;/h3-6,13,18H,7-12H2,1-2H3;1H. The summed E-state index contributed by atoms with van der Waals surface area (Å²) in [5, 5.41) is 3.31. The Morgan fingerprint density at radius 1 is 1.25 bits per heavy atom. The maximum Gasteiger partial charge on any atom is 0.328 e. The Hall–Kier alpha value is -1.79. The van der Waals surface area contributed by atoms with Crippen molar-refractivity contribution in [2.45, 2.75) is 31.8 Å². The van der Waals surface area contributed by atoms with Crippen LogP contribution in [0.1, 0.15) is 19.3 Å². The van der Waals surface area contributed by atoms with Gasteiger partial charge in [-0.15, -0.1) is 12.4 Å². The van der Waals surface area contributed by atoms with Gasteiger partial charge >= 0.3 is 5.69 Å². The first kappa shape index (κ1) is 18.5. The monoisotopic (exact) mass is 352 g/mol. The first-order chi connectivity index (χ1) is 11.1. The van der Waals surface area contributed by atoms with E-state index in [2.05, 4.69) is 5.32 Å². The van der Waals surface area contributed by atoms with Crippen LogP contribution in [-0.4, -0.2) is 46.1 Å². The van der Waals surface area contributed by atoms with Crippen LogP contribution >= 0.6 is 12.4 Å². The lowest BCUT2D eigenvalue weighted by molar-refractivity contribution is -0.132. The molecule has 1 amide bonds. The van der Waals surface area contributed by atoms with Gasteiger partial charge in [0.25, 0.3) is 0 Å². The van der Waals surface area contributed by atoms with E-state index in [1.807, 2.05) is 36.2 Å². The fourth-order valence-electron chi connectivity index (χ4n) is 3.36. The highest BCUT2D eigenvalue weighted by atomic mass is 35.5. The Morgan fingerprint density at radius 3 is 2.54 bits per heavy atom. The Bertz CT molecular complexity index is 762. The molecule has 6 nitrogen and oxygen atoms in total. The summed E-state index contributed by atoms with van der Waals surface area (Å²) in [6, 6.07) is 8.00. The van der Waals surface area contributed by atoms with Crippen LogP contribution in [0.2, 0.25) is 0 Å². The number of carbonyl (C=O) groups is 1. The quantitative estimate of drug-likeness (QED) is 0.904. The van der Waals surface area contributed by atoms with Crippen molar-refractivity contribution in [1.29, 1.82) is 0 Å². The van der Waals surface area contributed by atoms with Crippen LogP contribution in [0.15, 0.2) is 29.1 Å². The van der Waals surface area contributed by atoms with Gasteiger partial charge in [-0.25, -0.2) is 4.79 Å². The molecule has 0 unspecified atom stereocenters. The number of piperidine rings is 1. The normalized spacial score (nSPS) is 15.2. The lowest BCUT2D eigenvalue weighted by Gasteiger charge is -2.31. The van der Waals surface area contributed by atoms with Crippen molar-refractivity contribution < 1.29 is 4.79 Å². The van der Waals surface area contributed by atoms with Crippen LogP contribution in [0.3, 0.4) is 0 Å². The molecule has 0 spiro atoms. The van der Waals surface area contributed by atoms with E-state index in [1.165, 1.54) is 0 Å². The number of rotatable bonds is 4. The van der Waals surface area contributed by atoms with Gasteiger partial charge in [0.1, 0.15) is 0 Å². The molecular formula is C17H25ClN4O2. The van der Waals surface area contributed by atoms with E-state index in [0.717, 1.165) is 37.0 Å². The van der Waals surface area contributed by atoms with E-state index in [-0.39, 0.29) is 24.0 Å². The van der Waals surface area contributed by atoms with Crippen molar-refractivity contribution in [3.8, 4) is 0 Å². The summed E-state index contributed by atoms with van der Waals surface area (Å²) in [5.41, 5.74) is 1.72. The third-order valence-corrected chi connectivity index (χ3v) is 4.85. The number of nitrogens with one attached hydrogen (secondary N) is 1. The first-order valence-corrected chi connectivity index (χ1v) is 8.20. The molecule has 1 fully saturated rings. The minimum absolute atomic E-state index is 0. The molecule has 132 valence electrons. The van der Waals surface area contributed by atoms with Crippen LogP contribution < -0.4 is 11.0 Å². The molecule has 3 rings (SSSR count). The number of nitrogens with zero attached hydrogens (tertiary/aromatic N) is 3. The number of imidazole rings is 1. The van der Waals surface area contributed by atoms with Gasteiger partial charge in [-0.05, 0) is 38.1 Å². The van der Waals surface area contributed by atoms with Crippen LogP contribution in [0.25, 0.3) is 11.0 Å². The lowest BCUT2D eigenvalue weighted by atomic mass is 10.1. The van der Waals surface area contributed by atoms with Crippen molar-refractivity contribution in [1.82, 2.24) is 19.4 Å². The van der Waals surface area contributed by atoms with Gasteiger partial charge < -0.3 is 10.2 Å². The third-order valence-electron chi connectivity index (χ3n) is 4.85. The highest BCUT2D eigenvalue weighted by Crippen LogP contribution is 2.14. The highest BCUT2D eigenvalue weighted by Gasteiger charge is 2.22. The van der Waals surface area contributed by atoms with Gasteiger partial charge in [-0.3, -0.25) is 13.9 Å². The van der Waals surface area contributed by atoms with E-state index in [0.29, 0.717) is 19.0 Å². The highest BCUT2D eigenvalue weighted by molar-refractivity contribution is 5.85. The SMILES string of the molecule is CN(C(=O)CCn1c(=O)n(C)c2ccccc21)C1CCNCC1.Cl. The Balaban J connectivity index is 0.00000208. The summed E-state index contributed by atoms with van der Waals surface area (Å²) in [6.07, 6.45) is 2.35. The summed E-state index contributed by atoms with van der Waals surface area (Å²) in [6.45, 7) is 2.35. The third kappa shape index (κ3) is 3.49. The smallest absolute Gasteiger partial charge is 0.328 e.